The molecule has 48 valence electrons. The molecule has 1 heterocycles. The van der Waals surface area contributed by atoms with Gasteiger partial charge >= 0.3 is 54.6 Å². The van der Waals surface area contributed by atoms with Crippen LogP contribution in [0.4, 0.5) is 0 Å². The predicted octanol–water partition coefficient (Wildman–Crippen LogP) is 0.931. The van der Waals surface area contributed by atoms with Crippen LogP contribution in [0.2, 0.25) is 5.21 Å². The van der Waals surface area contributed by atoms with Crippen LogP contribution in [0.15, 0.2) is 0 Å². The predicted molar refractivity (Wildman–Crippen MR) is 32.8 cm³/mol. The molecule has 0 radical (unpaired) electrons. The van der Waals surface area contributed by atoms with E-state index in [1.807, 2.05) is 0 Å². The van der Waals surface area contributed by atoms with Crippen LogP contribution >= 0.6 is 0 Å². The van der Waals surface area contributed by atoms with Gasteiger partial charge in [-0.15, -0.1) is 0 Å². The first kappa shape index (κ1) is 6.60. The second-order valence-electron chi connectivity index (χ2n) is 1.67. The number of rotatable bonds is 1. The molecular weight excluding hydrogens is 167 g/mol. The summed E-state index contributed by atoms with van der Waals surface area (Å²) >= 11 is -1.16. The minimum absolute atomic E-state index is 0.938. The fraction of sp³-hybridized carbons (Fsp3) is 1.00. The summed E-state index contributed by atoms with van der Waals surface area (Å²) in [4.78, 5) is 0. The SMILES string of the molecule is CC[As]1OCCCO1. The van der Waals surface area contributed by atoms with E-state index in [9.17, 15) is 0 Å². The summed E-state index contributed by atoms with van der Waals surface area (Å²) in [7, 11) is 0. The molecule has 1 rings (SSSR count). The molecule has 1 aliphatic rings. The van der Waals surface area contributed by atoms with E-state index < -0.39 is 15.3 Å². The molecule has 0 unspecified atom stereocenters. The molecule has 1 fully saturated rings. The van der Waals surface area contributed by atoms with Crippen molar-refractivity contribution in [3.63, 3.8) is 0 Å². The third-order valence-electron chi connectivity index (χ3n) is 1.02. The molecule has 0 atom stereocenters. The molecule has 1 saturated heterocycles. The Balaban J connectivity index is 2.13. The third kappa shape index (κ3) is 1.77. The van der Waals surface area contributed by atoms with E-state index >= 15 is 0 Å². The van der Waals surface area contributed by atoms with Gasteiger partial charge in [-0.2, -0.15) is 0 Å². The molecule has 0 saturated carbocycles. The second-order valence-corrected chi connectivity index (χ2v) is 5.48. The van der Waals surface area contributed by atoms with Gasteiger partial charge in [0.2, 0.25) is 0 Å². The monoisotopic (exact) mass is 178 g/mol. The third-order valence-corrected chi connectivity index (χ3v) is 4.08. The van der Waals surface area contributed by atoms with Crippen molar-refractivity contribution >= 4 is 15.3 Å². The summed E-state index contributed by atoms with van der Waals surface area (Å²) < 4.78 is 10.7. The standard InChI is InChI=1S/C5H11AsO2/c1-2-6-7-4-3-5-8-6/h2-5H2,1H3. The van der Waals surface area contributed by atoms with Crippen molar-refractivity contribution in [2.24, 2.45) is 0 Å². The Morgan fingerprint density at radius 1 is 1.38 bits per heavy atom. The summed E-state index contributed by atoms with van der Waals surface area (Å²) in [6.07, 6.45) is 1.09. The zero-order valence-corrected chi connectivity index (χ0v) is 6.97. The van der Waals surface area contributed by atoms with Gasteiger partial charge in [-0.3, -0.25) is 0 Å². The van der Waals surface area contributed by atoms with E-state index in [1.165, 1.54) is 0 Å². The Hall–Kier alpha value is 0.478. The molecule has 0 N–H and O–H groups in total. The van der Waals surface area contributed by atoms with Gasteiger partial charge in [0, 0.05) is 0 Å². The molecule has 0 aromatic carbocycles. The zero-order chi connectivity index (χ0) is 5.82. The molecule has 0 bridgehead atoms. The van der Waals surface area contributed by atoms with Crippen LogP contribution < -0.4 is 0 Å². The van der Waals surface area contributed by atoms with Gasteiger partial charge in [0.15, 0.2) is 0 Å². The molecule has 0 aromatic rings. The minimum atomic E-state index is -1.16. The molecule has 1 aliphatic heterocycles. The van der Waals surface area contributed by atoms with Crippen LogP contribution in [0.3, 0.4) is 0 Å². The molecule has 0 amide bonds. The van der Waals surface area contributed by atoms with Crippen molar-refractivity contribution in [3.05, 3.63) is 0 Å². The van der Waals surface area contributed by atoms with E-state index in [0.29, 0.717) is 0 Å². The van der Waals surface area contributed by atoms with Gasteiger partial charge in [-0.05, 0) is 0 Å². The molecule has 8 heavy (non-hydrogen) atoms. The van der Waals surface area contributed by atoms with E-state index in [2.05, 4.69) is 6.92 Å². The molecule has 0 aliphatic carbocycles. The van der Waals surface area contributed by atoms with Crippen molar-refractivity contribution in [3.8, 4) is 0 Å². The van der Waals surface area contributed by atoms with E-state index in [4.69, 9.17) is 7.45 Å². The summed E-state index contributed by atoms with van der Waals surface area (Å²) in [6, 6.07) is 0. The van der Waals surface area contributed by atoms with Gasteiger partial charge in [-0.1, -0.05) is 0 Å². The molecular formula is C5H11AsO2. The Labute approximate surface area is 55.1 Å². The van der Waals surface area contributed by atoms with Gasteiger partial charge in [-0.25, -0.2) is 0 Å². The van der Waals surface area contributed by atoms with Crippen LogP contribution in [0, 0.1) is 0 Å². The first-order valence-corrected chi connectivity index (χ1v) is 5.82. The van der Waals surface area contributed by atoms with Crippen molar-refractivity contribution in [2.45, 2.75) is 18.6 Å². The second kappa shape index (κ2) is 3.49. The Morgan fingerprint density at radius 3 is 2.38 bits per heavy atom. The fourth-order valence-electron chi connectivity index (χ4n) is 0.612. The maximum atomic E-state index is 5.35. The number of hydrogen-bond acceptors (Lipinski definition) is 2. The number of hydrogen-bond donors (Lipinski definition) is 0. The van der Waals surface area contributed by atoms with Crippen molar-refractivity contribution in [2.75, 3.05) is 13.2 Å². The normalized spacial score (nSPS) is 23.6. The Bertz CT molecular complexity index is 61.4. The van der Waals surface area contributed by atoms with E-state index in [-0.39, 0.29) is 0 Å². The topological polar surface area (TPSA) is 18.5 Å². The van der Waals surface area contributed by atoms with Gasteiger partial charge < -0.3 is 0 Å². The Morgan fingerprint density at radius 2 is 2.00 bits per heavy atom. The average Bonchev–Trinajstić information content (AvgIpc) is 1.90. The summed E-state index contributed by atoms with van der Waals surface area (Å²) in [6.45, 7) is 4.01. The van der Waals surface area contributed by atoms with Crippen LogP contribution in [0.5, 0.6) is 0 Å². The van der Waals surface area contributed by atoms with Crippen LogP contribution in [0.25, 0.3) is 0 Å². The average molecular weight is 178 g/mol. The first-order valence-electron chi connectivity index (χ1n) is 2.97. The first-order chi connectivity index (χ1) is 3.93. The zero-order valence-electron chi connectivity index (χ0n) is 5.09. The molecule has 3 heteroatoms. The van der Waals surface area contributed by atoms with Crippen molar-refractivity contribution in [1.82, 2.24) is 0 Å². The molecule has 2 nitrogen and oxygen atoms in total. The van der Waals surface area contributed by atoms with E-state index in [1.54, 1.807) is 0 Å². The maximum absolute atomic E-state index is 5.35. The summed E-state index contributed by atoms with van der Waals surface area (Å²) in [5.74, 6) is 0. The van der Waals surface area contributed by atoms with E-state index in [0.717, 1.165) is 24.8 Å². The van der Waals surface area contributed by atoms with Crippen LogP contribution in [-0.2, 0) is 7.45 Å². The summed E-state index contributed by atoms with van der Waals surface area (Å²) in [5.41, 5.74) is 0. The van der Waals surface area contributed by atoms with Gasteiger partial charge in [0.1, 0.15) is 0 Å². The van der Waals surface area contributed by atoms with Crippen molar-refractivity contribution < 1.29 is 7.45 Å². The summed E-state index contributed by atoms with van der Waals surface area (Å²) in [5, 5.41) is 1.12. The Kier molecular flexibility index (Phi) is 2.88. The van der Waals surface area contributed by atoms with Crippen LogP contribution in [0.1, 0.15) is 13.3 Å². The van der Waals surface area contributed by atoms with Gasteiger partial charge in [0.25, 0.3) is 0 Å². The van der Waals surface area contributed by atoms with Crippen LogP contribution in [-0.4, -0.2) is 28.5 Å². The van der Waals surface area contributed by atoms with Crippen molar-refractivity contribution in [1.29, 1.82) is 0 Å². The fourth-order valence-corrected chi connectivity index (χ4v) is 2.93. The quantitative estimate of drug-likeness (QED) is 0.556. The van der Waals surface area contributed by atoms with Gasteiger partial charge in [0.05, 0.1) is 0 Å². The molecule has 0 spiro atoms. The molecule has 0 aromatic heterocycles.